The number of dihydropyridines is 1. The van der Waals surface area contributed by atoms with Crippen molar-refractivity contribution in [1.82, 2.24) is 5.32 Å². The fraction of sp³-hybridized carbons (Fsp3) is 0.692. The predicted octanol–water partition coefficient (Wildman–Crippen LogP) is 2.23. The van der Waals surface area contributed by atoms with Crippen molar-refractivity contribution in [1.29, 1.82) is 0 Å². The van der Waals surface area contributed by atoms with Gasteiger partial charge in [-0.1, -0.05) is 25.3 Å². The Kier molecular flexibility index (Phi) is 4.14. The second kappa shape index (κ2) is 5.83. The van der Waals surface area contributed by atoms with Crippen molar-refractivity contribution in [3.63, 3.8) is 0 Å². The number of carbonyl (C=O) groups is 1. The molecule has 1 saturated carbocycles. The van der Waals surface area contributed by atoms with Crippen LogP contribution in [0.4, 0.5) is 0 Å². The zero-order chi connectivity index (χ0) is 11.2. The van der Waals surface area contributed by atoms with Crippen LogP contribution in [0.3, 0.4) is 0 Å². The van der Waals surface area contributed by atoms with E-state index in [2.05, 4.69) is 16.4 Å². The molecule has 2 aliphatic rings. The molecule has 3 nitrogen and oxygen atoms in total. The molecular formula is C13H20N2O. The quantitative estimate of drug-likeness (QED) is 0.778. The molecule has 0 spiro atoms. The molecule has 1 heterocycles. The van der Waals surface area contributed by atoms with E-state index in [4.69, 9.17) is 0 Å². The van der Waals surface area contributed by atoms with E-state index in [-0.39, 0.29) is 5.91 Å². The van der Waals surface area contributed by atoms with Gasteiger partial charge in [0.25, 0.3) is 0 Å². The van der Waals surface area contributed by atoms with E-state index in [1.165, 1.54) is 19.3 Å². The number of hydrogen-bond acceptors (Lipinski definition) is 2. The maximum atomic E-state index is 11.8. The Labute approximate surface area is 97.0 Å². The van der Waals surface area contributed by atoms with Crippen LogP contribution in [0, 0.1) is 0 Å². The Hall–Kier alpha value is -1.12. The van der Waals surface area contributed by atoms with Crippen molar-refractivity contribution in [2.75, 3.05) is 6.54 Å². The van der Waals surface area contributed by atoms with Gasteiger partial charge in [0.1, 0.15) is 0 Å². The first-order chi connectivity index (χ1) is 7.84. The van der Waals surface area contributed by atoms with E-state index in [1.54, 1.807) is 0 Å². The first-order valence-electron chi connectivity index (χ1n) is 6.33. The highest BCUT2D eigenvalue weighted by molar-refractivity contribution is 5.89. The van der Waals surface area contributed by atoms with Crippen molar-refractivity contribution in [3.05, 3.63) is 11.6 Å². The van der Waals surface area contributed by atoms with Crippen molar-refractivity contribution in [2.24, 2.45) is 4.99 Å². The van der Waals surface area contributed by atoms with Crippen LogP contribution < -0.4 is 5.32 Å². The maximum Gasteiger partial charge on any atom is 0.224 e. The molecule has 1 aliphatic carbocycles. The fourth-order valence-electron chi connectivity index (χ4n) is 2.39. The van der Waals surface area contributed by atoms with Crippen molar-refractivity contribution in [2.45, 2.75) is 51.0 Å². The zero-order valence-electron chi connectivity index (χ0n) is 9.74. The van der Waals surface area contributed by atoms with Gasteiger partial charge in [-0.2, -0.15) is 0 Å². The van der Waals surface area contributed by atoms with Gasteiger partial charge in [0.2, 0.25) is 5.91 Å². The third-order valence-corrected chi connectivity index (χ3v) is 3.26. The largest absolute Gasteiger partial charge is 0.353 e. The highest BCUT2D eigenvalue weighted by Gasteiger charge is 2.16. The molecule has 0 radical (unpaired) electrons. The average molecular weight is 220 g/mol. The molecule has 0 aromatic rings. The van der Waals surface area contributed by atoms with Gasteiger partial charge in [0.05, 0.1) is 6.42 Å². The second-order valence-corrected chi connectivity index (χ2v) is 4.68. The third-order valence-electron chi connectivity index (χ3n) is 3.26. The topological polar surface area (TPSA) is 41.5 Å². The summed E-state index contributed by atoms with van der Waals surface area (Å²) in [5.74, 6) is 0.159. The van der Waals surface area contributed by atoms with Gasteiger partial charge in [-0.05, 0) is 24.8 Å². The normalized spacial score (nSPS) is 21.6. The molecule has 1 fully saturated rings. The molecule has 88 valence electrons. The van der Waals surface area contributed by atoms with Gasteiger partial charge < -0.3 is 5.32 Å². The monoisotopic (exact) mass is 220 g/mol. The second-order valence-electron chi connectivity index (χ2n) is 4.68. The zero-order valence-corrected chi connectivity index (χ0v) is 9.74. The minimum absolute atomic E-state index is 0.159. The van der Waals surface area contributed by atoms with Crippen LogP contribution in [0.15, 0.2) is 16.6 Å². The Morgan fingerprint density at radius 2 is 2.19 bits per heavy atom. The summed E-state index contributed by atoms with van der Waals surface area (Å²) in [5, 5.41) is 3.12. The summed E-state index contributed by atoms with van der Waals surface area (Å²) < 4.78 is 0. The molecule has 0 aromatic carbocycles. The lowest BCUT2D eigenvalue weighted by Crippen LogP contribution is -2.36. The van der Waals surface area contributed by atoms with Crippen LogP contribution >= 0.6 is 0 Å². The standard InChI is InChI=1S/C13H20N2O/c16-13(9-11-5-4-8-14-10-11)15-12-6-2-1-3-7-12/h5,10,12H,1-4,6-9H2,(H,15,16). The predicted molar refractivity (Wildman–Crippen MR) is 65.7 cm³/mol. The first-order valence-corrected chi connectivity index (χ1v) is 6.33. The molecule has 1 amide bonds. The number of amides is 1. The van der Waals surface area contributed by atoms with E-state index in [0.717, 1.165) is 31.4 Å². The van der Waals surface area contributed by atoms with Crippen molar-refractivity contribution >= 4 is 12.1 Å². The summed E-state index contributed by atoms with van der Waals surface area (Å²) in [4.78, 5) is 16.0. The van der Waals surface area contributed by atoms with E-state index in [0.29, 0.717) is 12.5 Å². The number of hydrogen-bond donors (Lipinski definition) is 1. The van der Waals surface area contributed by atoms with Crippen molar-refractivity contribution in [3.8, 4) is 0 Å². The minimum atomic E-state index is 0.159. The molecular weight excluding hydrogens is 200 g/mol. The maximum absolute atomic E-state index is 11.8. The van der Waals surface area contributed by atoms with Crippen LogP contribution in [0.2, 0.25) is 0 Å². The number of aliphatic imine (C=N–C) groups is 1. The molecule has 0 saturated heterocycles. The van der Waals surface area contributed by atoms with Gasteiger partial charge >= 0.3 is 0 Å². The summed E-state index contributed by atoms with van der Waals surface area (Å²) in [6, 6.07) is 0.419. The highest BCUT2D eigenvalue weighted by Crippen LogP contribution is 2.17. The van der Waals surface area contributed by atoms with Crippen LogP contribution in [-0.4, -0.2) is 24.7 Å². The van der Waals surface area contributed by atoms with Gasteiger partial charge in [0, 0.05) is 18.8 Å². The lowest BCUT2D eigenvalue weighted by atomic mass is 9.95. The fourth-order valence-corrected chi connectivity index (χ4v) is 2.39. The molecule has 0 unspecified atom stereocenters. The molecule has 3 heteroatoms. The molecule has 0 aromatic heterocycles. The van der Waals surface area contributed by atoms with Crippen LogP contribution in [0.1, 0.15) is 44.9 Å². The molecule has 2 rings (SSSR count). The first kappa shape index (κ1) is 11.4. The Morgan fingerprint density at radius 1 is 1.38 bits per heavy atom. The van der Waals surface area contributed by atoms with Gasteiger partial charge in [-0.25, -0.2) is 0 Å². The number of rotatable bonds is 3. The molecule has 1 N–H and O–H groups in total. The average Bonchev–Trinajstić information content (AvgIpc) is 2.31. The lowest BCUT2D eigenvalue weighted by molar-refractivity contribution is -0.121. The molecule has 0 bridgehead atoms. The smallest absolute Gasteiger partial charge is 0.224 e. The van der Waals surface area contributed by atoms with E-state index in [9.17, 15) is 4.79 Å². The number of nitrogens with one attached hydrogen (secondary N) is 1. The Bertz CT molecular complexity index is 301. The third kappa shape index (κ3) is 3.47. The van der Waals surface area contributed by atoms with Crippen LogP contribution in [-0.2, 0) is 4.79 Å². The summed E-state index contributed by atoms with van der Waals surface area (Å²) >= 11 is 0. The number of nitrogens with zero attached hydrogens (tertiary/aromatic N) is 1. The summed E-state index contributed by atoms with van der Waals surface area (Å²) in [6.07, 6.45) is 11.6. The van der Waals surface area contributed by atoms with E-state index < -0.39 is 0 Å². The lowest BCUT2D eigenvalue weighted by Gasteiger charge is -2.22. The Balaban J connectivity index is 1.75. The summed E-state index contributed by atoms with van der Waals surface area (Å²) in [5.41, 5.74) is 1.07. The minimum Gasteiger partial charge on any atom is -0.353 e. The van der Waals surface area contributed by atoms with E-state index >= 15 is 0 Å². The van der Waals surface area contributed by atoms with Gasteiger partial charge in [-0.15, -0.1) is 0 Å². The van der Waals surface area contributed by atoms with Crippen LogP contribution in [0.25, 0.3) is 0 Å². The summed E-state index contributed by atoms with van der Waals surface area (Å²) in [6.45, 7) is 0.869. The molecule has 16 heavy (non-hydrogen) atoms. The van der Waals surface area contributed by atoms with Crippen molar-refractivity contribution < 1.29 is 4.79 Å². The summed E-state index contributed by atoms with van der Waals surface area (Å²) in [7, 11) is 0. The van der Waals surface area contributed by atoms with E-state index in [1.807, 2.05) is 6.21 Å². The Morgan fingerprint density at radius 3 is 2.88 bits per heavy atom. The molecule has 0 atom stereocenters. The van der Waals surface area contributed by atoms with Crippen LogP contribution in [0.5, 0.6) is 0 Å². The SMILES string of the molecule is O=C(CC1=CCCN=C1)NC1CCCCC1. The van der Waals surface area contributed by atoms with Gasteiger partial charge in [-0.3, -0.25) is 9.79 Å². The number of carbonyl (C=O) groups excluding carboxylic acids is 1. The highest BCUT2D eigenvalue weighted by atomic mass is 16.1. The van der Waals surface area contributed by atoms with Gasteiger partial charge in [0.15, 0.2) is 0 Å². The molecule has 1 aliphatic heterocycles.